The zero-order valence-electron chi connectivity index (χ0n) is 19.9. The van der Waals surface area contributed by atoms with E-state index in [1.54, 1.807) is 0 Å². The summed E-state index contributed by atoms with van der Waals surface area (Å²) in [5.41, 5.74) is 13.5. The van der Waals surface area contributed by atoms with E-state index >= 15 is 0 Å². The molecule has 2 atom stereocenters. The van der Waals surface area contributed by atoms with E-state index in [9.17, 15) is 9.59 Å². The van der Waals surface area contributed by atoms with Crippen LogP contribution in [0, 0.1) is 0 Å². The van der Waals surface area contributed by atoms with Crippen LogP contribution in [-0.4, -0.2) is 30.4 Å². The summed E-state index contributed by atoms with van der Waals surface area (Å²) in [5, 5.41) is 6.03. The van der Waals surface area contributed by atoms with Crippen molar-refractivity contribution in [1.29, 1.82) is 0 Å². The van der Waals surface area contributed by atoms with Crippen LogP contribution in [0.2, 0.25) is 0 Å². The summed E-state index contributed by atoms with van der Waals surface area (Å²) in [5.74, 6) is -1.03. The maximum atomic E-state index is 13.6. The molecule has 0 aliphatic carbocycles. The lowest BCUT2D eigenvalue weighted by atomic mass is 9.90. The molecule has 2 amide bonds. The molecule has 0 saturated heterocycles. The fourth-order valence-electron chi connectivity index (χ4n) is 3.95. The molecule has 35 heavy (non-hydrogen) atoms. The number of carbonyl (C=O) groups excluding carboxylic acids is 2. The van der Waals surface area contributed by atoms with Gasteiger partial charge in [-0.2, -0.15) is 0 Å². The fourth-order valence-corrected chi connectivity index (χ4v) is 3.95. The predicted molar refractivity (Wildman–Crippen MR) is 140 cm³/mol. The third-order valence-electron chi connectivity index (χ3n) is 5.76. The molecule has 1 unspecified atom stereocenters. The number of nitrogens with one attached hydrogen (secondary N) is 2. The number of nitrogens with two attached hydrogens (primary N) is 2. The van der Waals surface area contributed by atoms with Gasteiger partial charge in [-0.15, -0.1) is 0 Å². The molecule has 0 bridgehead atoms. The van der Waals surface area contributed by atoms with E-state index < -0.39 is 12.0 Å². The van der Waals surface area contributed by atoms with Gasteiger partial charge in [-0.1, -0.05) is 91.0 Å². The molecule has 0 spiro atoms. The number of carbonyl (C=O) groups is 2. The highest BCUT2D eigenvalue weighted by atomic mass is 16.2. The second-order valence-corrected chi connectivity index (χ2v) is 8.41. The highest BCUT2D eigenvalue weighted by Crippen LogP contribution is 2.25. The van der Waals surface area contributed by atoms with Crippen LogP contribution in [-0.2, 0) is 9.59 Å². The molecule has 0 fully saturated rings. The molecule has 0 radical (unpaired) electrons. The van der Waals surface area contributed by atoms with Gasteiger partial charge in [0.05, 0.1) is 12.0 Å². The Morgan fingerprint density at radius 1 is 0.743 bits per heavy atom. The topological polar surface area (TPSA) is 123 Å². The number of hydrogen-bond donors (Lipinski definition) is 4. The van der Waals surface area contributed by atoms with Crippen LogP contribution in [0.3, 0.4) is 0 Å². The molecule has 0 aliphatic rings. The smallest absolute Gasteiger partial charge is 0.243 e. The second kappa shape index (κ2) is 12.9. The van der Waals surface area contributed by atoms with Crippen molar-refractivity contribution in [2.75, 3.05) is 6.54 Å². The predicted octanol–water partition coefficient (Wildman–Crippen LogP) is 3.23. The summed E-state index contributed by atoms with van der Waals surface area (Å²) in [6, 6.07) is 27.9. The Hall–Kier alpha value is -4.13. The molecule has 0 aromatic heterocycles. The molecular formula is C28H33N5O2. The molecule has 0 aliphatic heterocycles. The Balaban J connectivity index is 1.80. The van der Waals surface area contributed by atoms with E-state index in [1.165, 1.54) is 0 Å². The standard InChI is InChI=1S/C28H33N5O2/c1-20(21-12-5-2-6-13-21)32-26(34)24(18-11-19-31-28(29)30)33-27(35)25(22-14-7-3-8-15-22)23-16-9-4-10-17-23/h2-10,12-17,20,24-25H,11,18-19H2,1H3,(H,32,34)(H,33,35)(H4,29,30,31)/t20-,24?/m1/s1. The first-order valence-electron chi connectivity index (χ1n) is 11.8. The molecule has 182 valence electrons. The largest absolute Gasteiger partial charge is 0.370 e. The van der Waals surface area contributed by atoms with Gasteiger partial charge < -0.3 is 22.1 Å². The van der Waals surface area contributed by atoms with Crippen LogP contribution in [0.15, 0.2) is 96.0 Å². The Labute approximate surface area is 206 Å². The Morgan fingerprint density at radius 2 is 1.23 bits per heavy atom. The first-order chi connectivity index (χ1) is 17.0. The van der Waals surface area contributed by atoms with Crippen LogP contribution in [0.25, 0.3) is 0 Å². The Bertz CT molecular complexity index is 1060. The third kappa shape index (κ3) is 7.71. The van der Waals surface area contributed by atoms with Gasteiger partial charge >= 0.3 is 0 Å². The van der Waals surface area contributed by atoms with Gasteiger partial charge in [-0.05, 0) is 36.5 Å². The molecule has 7 nitrogen and oxygen atoms in total. The number of rotatable bonds is 11. The number of guanidine groups is 1. The van der Waals surface area contributed by atoms with Crippen LogP contribution in [0.1, 0.15) is 48.4 Å². The van der Waals surface area contributed by atoms with Crippen LogP contribution < -0.4 is 22.1 Å². The number of nitrogens with zero attached hydrogens (tertiary/aromatic N) is 1. The van der Waals surface area contributed by atoms with E-state index in [-0.39, 0.29) is 23.8 Å². The van der Waals surface area contributed by atoms with Gasteiger partial charge in [0.25, 0.3) is 0 Å². The first kappa shape index (κ1) is 25.5. The minimum absolute atomic E-state index is 0.000885. The lowest BCUT2D eigenvalue weighted by molar-refractivity contribution is -0.129. The highest BCUT2D eigenvalue weighted by Gasteiger charge is 2.28. The fraction of sp³-hybridized carbons (Fsp3) is 0.250. The number of aliphatic imine (C=N–C) groups is 1. The minimum atomic E-state index is -0.738. The summed E-state index contributed by atoms with van der Waals surface area (Å²) in [7, 11) is 0. The van der Waals surface area contributed by atoms with Crippen molar-refractivity contribution >= 4 is 17.8 Å². The second-order valence-electron chi connectivity index (χ2n) is 8.41. The van der Waals surface area contributed by atoms with Gasteiger partial charge in [0.1, 0.15) is 6.04 Å². The number of benzene rings is 3. The van der Waals surface area contributed by atoms with Crippen molar-refractivity contribution in [3.05, 3.63) is 108 Å². The summed E-state index contributed by atoms with van der Waals surface area (Å²) in [6.45, 7) is 2.29. The Kier molecular flexibility index (Phi) is 9.42. The van der Waals surface area contributed by atoms with Gasteiger partial charge in [0.15, 0.2) is 5.96 Å². The molecule has 7 heteroatoms. The number of hydrogen-bond acceptors (Lipinski definition) is 3. The van der Waals surface area contributed by atoms with Crippen molar-refractivity contribution in [2.24, 2.45) is 16.5 Å². The maximum Gasteiger partial charge on any atom is 0.243 e. The van der Waals surface area contributed by atoms with Gasteiger partial charge in [0.2, 0.25) is 11.8 Å². The minimum Gasteiger partial charge on any atom is -0.370 e. The zero-order chi connectivity index (χ0) is 25.0. The van der Waals surface area contributed by atoms with Gasteiger partial charge in [-0.3, -0.25) is 14.6 Å². The van der Waals surface area contributed by atoms with E-state index in [4.69, 9.17) is 11.5 Å². The monoisotopic (exact) mass is 471 g/mol. The van der Waals surface area contributed by atoms with Gasteiger partial charge in [0, 0.05) is 6.54 Å². The van der Waals surface area contributed by atoms with E-state index in [0.29, 0.717) is 19.4 Å². The molecule has 6 N–H and O–H groups in total. The maximum absolute atomic E-state index is 13.6. The third-order valence-corrected chi connectivity index (χ3v) is 5.76. The summed E-state index contributed by atoms with van der Waals surface area (Å²) in [6.07, 6.45) is 0.934. The Morgan fingerprint density at radius 3 is 1.71 bits per heavy atom. The quantitative estimate of drug-likeness (QED) is 0.195. The average Bonchev–Trinajstić information content (AvgIpc) is 2.87. The van der Waals surface area contributed by atoms with Crippen LogP contribution in [0.5, 0.6) is 0 Å². The molecule has 0 saturated carbocycles. The zero-order valence-corrected chi connectivity index (χ0v) is 19.9. The highest BCUT2D eigenvalue weighted by molar-refractivity contribution is 5.92. The number of amides is 2. The summed E-state index contributed by atoms with van der Waals surface area (Å²) < 4.78 is 0. The molecule has 3 rings (SSSR count). The summed E-state index contributed by atoms with van der Waals surface area (Å²) >= 11 is 0. The first-order valence-corrected chi connectivity index (χ1v) is 11.8. The van der Waals surface area contributed by atoms with Crippen LogP contribution >= 0.6 is 0 Å². The van der Waals surface area contributed by atoms with Crippen molar-refractivity contribution < 1.29 is 9.59 Å². The van der Waals surface area contributed by atoms with E-state index in [0.717, 1.165) is 16.7 Å². The van der Waals surface area contributed by atoms with Crippen molar-refractivity contribution in [2.45, 2.75) is 37.8 Å². The van der Waals surface area contributed by atoms with Crippen molar-refractivity contribution in [3.8, 4) is 0 Å². The SMILES string of the molecule is C[C@@H](NC(=O)C(CCCN=C(N)N)NC(=O)C(c1ccccc1)c1ccccc1)c1ccccc1. The average molecular weight is 472 g/mol. The lowest BCUT2D eigenvalue weighted by Gasteiger charge is -2.24. The molecular weight excluding hydrogens is 438 g/mol. The van der Waals surface area contributed by atoms with Gasteiger partial charge in [-0.25, -0.2) is 0 Å². The lowest BCUT2D eigenvalue weighted by Crippen LogP contribution is -2.48. The normalized spacial score (nSPS) is 12.4. The van der Waals surface area contributed by atoms with Crippen molar-refractivity contribution in [1.82, 2.24) is 10.6 Å². The molecule has 3 aromatic carbocycles. The molecule has 0 heterocycles. The molecule has 3 aromatic rings. The summed E-state index contributed by atoms with van der Waals surface area (Å²) in [4.78, 5) is 30.9. The van der Waals surface area contributed by atoms with E-state index in [2.05, 4.69) is 15.6 Å². The van der Waals surface area contributed by atoms with Crippen molar-refractivity contribution in [3.63, 3.8) is 0 Å². The van der Waals surface area contributed by atoms with Crippen LogP contribution in [0.4, 0.5) is 0 Å². The van der Waals surface area contributed by atoms with E-state index in [1.807, 2.05) is 97.9 Å².